The summed E-state index contributed by atoms with van der Waals surface area (Å²) in [6.45, 7) is 5.15. The van der Waals surface area contributed by atoms with Gasteiger partial charge in [-0.1, -0.05) is 12.8 Å². The summed E-state index contributed by atoms with van der Waals surface area (Å²) < 4.78 is 0. The molecule has 0 aromatic carbocycles. The highest BCUT2D eigenvalue weighted by Crippen LogP contribution is 2.26. The van der Waals surface area contributed by atoms with E-state index in [-0.39, 0.29) is 0 Å². The van der Waals surface area contributed by atoms with Crippen LogP contribution in [-0.2, 0) is 5.88 Å². The first-order valence-electron chi connectivity index (χ1n) is 6.41. The molecule has 0 atom stereocenters. The number of nitrogens with zero attached hydrogens (tertiary/aromatic N) is 3. The van der Waals surface area contributed by atoms with E-state index in [2.05, 4.69) is 21.8 Å². The van der Waals surface area contributed by atoms with E-state index < -0.39 is 0 Å². The van der Waals surface area contributed by atoms with Gasteiger partial charge in [0.2, 0.25) is 5.95 Å². The third-order valence-electron chi connectivity index (χ3n) is 3.58. The Labute approximate surface area is 108 Å². The van der Waals surface area contributed by atoms with E-state index in [9.17, 15) is 0 Å². The van der Waals surface area contributed by atoms with Crippen molar-refractivity contribution >= 4 is 17.5 Å². The predicted molar refractivity (Wildman–Crippen MR) is 71.6 cm³/mol. The Hall–Kier alpha value is -0.830. The first kappa shape index (κ1) is 12.6. The molecule has 1 aliphatic carbocycles. The van der Waals surface area contributed by atoms with E-state index in [4.69, 9.17) is 11.6 Å². The van der Waals surface area contributed by atoms with E-state index in [0.29, 0.717) is 11.9 Å². The molecular weight excluding hydrogens is 234 g/mol. The van der Waals surface area contributed by atoms with Crippen molar-refractivity contribution in [1.29, 1.82) is 0 Å². The number of hydrogen-bond donors (Lipinski definition) is 0. The average Bonchev–Trinajstić information content (AvgIpc) is 2.84. The van der Waals surface area contributed by atoms with Gasteiger partial charge >= 0.3 is 0 Å². The number of alkyl halides is 1. The molecule has 0 spiro atoms. The summed E-state index contributed by atoms with van der Waals surface area (Å²) in [5, 5.41) is 0. The van der Waals surface area contributed by atoms with Crippen LogP contribution in [-0.4, -0.2) is 22.6 Å². The summed E-state index contributed by atoms with van der Waals surface area (Å²) in [7, 11) is 0. The van der Waals surface area contributed by atoms with Crippen LogP contribution in [0.1, 0.15) is 43.9 Å². The van der Waals surface area contributed by atoms with Gasteiger partial charge in [-0.15, -0.1) is 11.6 Å². The minimum Gasteiger partial charge on any atom is -0.338 e. The second kappa shape index (κ2) is 5.67. The quantitative estimate of drug-likeness (QED) is 0.771. The number of hydrogen-bond acceptors (Lipinski definition) is 3. The van der Waals surface area contributed by atoms with Gasteiger partial charge in [-0.05, 0) is 26.7 Å². The lowest BCUT2D eigenvalue weighted by Crippen LogP contribution is -2.34. The molecule has 0 radical (unpaired) electrons. The fraction of sp³-hybridized carbons (Fsp3) is 0.692. The minimum atomic E-state index is 0.488. The highest BCUT2D eigenvalue weighted by Gasteiger charge is 2.23. The first-order chi connectivity index (χ1) is 8.26. The standard InChI is InChI=1S/C13H20ClN3/c1-3-17(12-6-4-5-7-12)13-15-9-11(8-14)10(2)16-13/h9,12H,3-8H2,1-2H3. The molecule has 0 saturated heterocycles. The number of rotatable bonds is 4. The Morgan fingerprint density at radius 3 is 2.65 bits per heavy atom. The fourth-order valence-electron chi connectivity index (χ4n) is 2.53. The van der Waals surface area contributed by atoms with Crippen LogP contribution in [0.4, 0.5) is 5.95 Å². The summed E-state index contributed by atoms with van der Waals surface area (Å²) in [5.74, 6) is 1.35. The Morgan fingerprint density at radius 2 is 2.12 bits per heavy atom. The van der Waals surface area contributed by atoms with Crippen LogP contribution in [0, 0.1) is 6.92 Å². The second-order valence-corrected chi connectivity index (χ2v) is 4.91. The summed E-state index contributed by atoms with van der Waals surface area (Å²) in [6.07, 6.45) is 7.07. The highest BCUT2D eigenvalue weighted by molar-refractivity contribution is 6.17. The molecule has 94 valence electrons. The van der Waals surface area contributed by atoms with Crippen molar-refractivity contribution in [3.63, 3.8) is 0 Å². The zero-order valence-corrected chi connectivity index (χ0v) is 11.4. The van der Waals surface area contributed by atoms with Crippen molar-refractivity contribution < 1.29 is 0 Å². The molecule has 1 fully saturated rings. The van der Waals surface area contributed by atoms with Crippen molar-refractivity contribution in [1.82, 2.24) is 9.97 Å². The normalized spacial score (nSPS) is 16.4. The molecule has 3 nitrogen and oxygen atoms in total. The summed E-state index contributed by atoms with van der Waals surface area (Å²) >= 11 is 5.83. The molecule has 0 bridgehead atoms. The molecule has 0 unspecified atom stereocenters. The van der Waals surface area contributed by atoms with Gasteiger partial charge in [-0.25, -0.2) is 9.97 Å². The van der Waals surface area contributed by atoms with Gasteiger partial charge in [0, 0.05) is 30.0 Å². The van der Waals surface area contributed by atoms with Crippen molar-refractivity contribution in [3.8, 4) is 0 Å². The number of halogens is 1. The van der Waals surface area contributed by atoms with Crippen LogP contribution < -0.4 is 4.90 Å². The van der Waals surface area contributed by atoms with Gasteiger partial charge in [0.1, 0.15) is 0 Å². The number of aryl methyl sites for hydroxylation is 1. The van der Waals surface area contributed by atoms with Crippen molar-refractivity contribution in [2.75, 3.05) is 11.4 Å². The molecule has 1 saturated carbocycles. The van der Waals surface area contributed by atoms with E-state index in [0.717, 1.165) is 23.8 Å². The monoisotopic (exact) mass is 253 g/mol. The van der Waals surface area contributed by atoms with Crippen molar-refractivity contribution in [3.05, 3.63) is 17.5 Å². The summed E-state index contributed by atoms with van der Waals surface area (Å²) in [6, 6.07) is 0.626. The predicted octanol–water partition coefficient (Wildman–Crippen LogP) is 3.29. The Kier molecular flexibility index (Phi) is 4.21. The lowest BCUT2D eigenvalue weighted by atomic mass is 10.2. The van der Waals surface area contributed by atoms with Gasteiger partial charge in [0.15, 0.2) is 0 Å². The molecule has 4 heteroatoms. The van der Waals surface area contributed by atoms with Gasteiger partial charge < -0.3 is 4.90 Å². The third-order valence-corrected chi connectivity index (χ3v) is 3.86. The van der Waals surface area contributed by atoms with E-state index in [1.807, 2.05) is 13.1 Å². The lowest BCUT2D eigenvalue weighted by Gasteiger charge is -2.27. The van der Waals surface area contributed by atoms with Gasteiger partial charge in [0.25, 0.3) is 0 Å². The Bertz CT molecular complexity index is 375. The van der Waals surface area contributed by atoms with Gasteiger partial charge in [0.05, 0.1) is 5.88 Å². The molecule has 0 aliphatic heterocycles. The third kappa shape index (κ3) is 2.71. The first-order valence-corrected chi connectivity index (χ1v) is 6.94. The second-order valence-electron chi connectivity index (χ2n) is 4.64. The summed E-state index contributed by atoms with van der Waals surface area (Å²) in [5.41, 5.74) is 2.03. The van der Waals surface area contributed by atoms with Crippen LogP contribution in [0.2, 0.25) is 0 Å². The van der Waals surface area contributed by atoms with Crippen molar-refractivity contribution in [2.24, 2.45) is 0 Å². The smallest absolute Gasteiger partial charge is 0.225 e. The maximum atomic E-state index is 5.83. The van der Waals surface area contributed by atoms with Crippen LogP contribution in [0.15, 0.2) is 6.20 Å². The van der Waals surface area contributed by atoms with E-state index >= 15 is 0 Å². The number of aromatic nitrogens is 2. The molecule has 1 aromatic rings. The van der Waals surface area contributed by atoms with E-state index in [1.165, 1.54) is 25.7 Å². The molecule has 0 N–H and O–H groups in total. The van der Waals surface area contributed by atoms with E-state index in [1.54, 1.807) is 0 Å². The largest absolute Gasteiger partial charge is 0.338 e. The zero-order chi connectivity index (χ0) is 12.3. The average molecular weight is 254 g/mol. The Morgan fingerprint density at radius 1 is 1.41 bits per heavy atom. The van der Waals surface area contributed by atoms with Crippen LogP contribution in [0.3, 0.4) is 0 Å². The maximum Gasteiger partial charge on any atom is 0.225 e. The SMILES string of the molecule is CCN(c1ncc(CCl)c(C)n1)C1CCCC1. The molecule has 1 aromatic heterocycles. The molecule has 1 heterocycles. The van der Waals surface area contributed by atoms with Gasteiger partial charge in [-0.3, -0.25) is 0 Å². The highest BCUT2D eigenvalue weighted by atomic mass is 35.5. The fourth-order valence-corrected chi connectivity index (χ4v) is 2.79. The summed E-state index contributed by atoms with van der Waals surface area (Å²) in [4.78, 5) is 11.4. The van der Waals surface area contributed by atoms with Crippen molar-refractivity contribution in [2.45, 2.75) is 51.5 Å². The van der Waals surface area contributed by atoms with Gasteiger partial charge in [-0.2, -0.15) is 0 Å². The molecular formula is C13H20ClN3. The molecule has 2 rings (SSSR count). The van der Waals surface area contributed by atoms with Crippen LogP contribution in [0.25, 0.3) is 0 Å². The minimum absolute atomic E-state index is 0.488. The lowest BCUT2D eigenvalue weighted by molar-refractivity contribution is 0.603. The molecule has 0 amide bonds. The zero-order valence-electron chi connectivity index (χ0n) is 10.6. The Balaban J connectivity index is 2.21. The topological polar surface area (TPSA) is 29.0 Å². The molecule has 1 aliphatic rings. The molecule has 17 heavy (non-hydrogen) atoms. The number of anilines is 1. The van der Waals surface area contributed by atoms with Crippen LogP contribution in [0.5, 0.6) is 0 Å². The maximum absolute atomic E-state index is 5.83. The van der Waals surface area contributed by atoms with Crippen LogP contribution >= 0.6 is 11.6 Å².